The SMILES string of the molecule is CCn1nc(C=O)c2c1CCC2(F)F. The van der Waals surface area contributed by atoms with Crippen molar-refractivity contribution in [2.75, 3.05) is 0 Å². The van der Waals surface area contributed by atoms with Crippen molar-refractivity contribution in [3.8, 4) is 0 Å². The third kappa shape index (κ3) is 1.08. The van der Waals surface area contributed by atoms with Crippen LogP contribution in [0.15, 0.2) is 0 Å². The normalized spacial score (nSPS) is 18.2. The molecule has 5 heteroatoms. The lowest BCUT2D eigenvalue weighted by atomic mass is 10.1. The number of fused-ring (bicyclic) bond motifs is 1. The molecule has 0 unspecified atom stereocenters. The van der Waals surface area contributed by atoms with Crippen molar-refractivity contribution in [1.29, 1.82) is 0 Å². The molecule has 2 rings (SSSR count). The smallest absolute Gasteiger partial charge is 0.277 e. The molecule has 0 saturated heterocycles. The van der Waals surface area contributed by atoms with Crippen LogP contribution < -0.4 is 0 Å². The monoisotopic (exact) mass is 200 g/mol. The largest absolute Gasteiger partial charge is 0.296 e. The molecule has 76 valence electrons. The Balaban J connectivity index is 2.63. The van der Waals surface area contributed by atoms with E-state index in [4.69, 9.17) is 0 Å². The van der Waals surface area contributed by atoms with Gasteiger partial charge >= 0.3 is 0 Å². The number of hydrogen-bond acceptors (Lipinski definition) is 2. The lowest BCUT2D eigenvalue weighted by Gasteiger charge is -2.06. The second kappa shape index (κ2) is 2.87. The summed E-state index contributed by atoms with van der Waals surface area (Å²) >= 11 is 0. The standard InChI is InChI=1S/C9H10F2N2O/c1-2-13-7-3-4-9(10,11)8(7)6(5-14)12-13/h5H,2-4H2,1H3. The zero-order chi connectivity index (χ0) is 10.3. The van der Waals surface area contributed by atoms with Crippen LogP contribution in [0.3, 0.4) is 0 Å². The molecule has 3 nitrogen and oxygen atoms in total. The van der Waals surface area contributed by atoms with Crippen LogP contribution in [0.4, 0.5) is 8.78 Å². The van der Waals surface area contributed by atoms with E-state index in [1.54, 1.807) is 0 Å². The maximum atomic E-state index is 13.3. The van der Waals surface area contributed by atoms with Gasteiger partial charge in [0, 0.05) is 18.7 Å². The van der Waals surface area contributed by atoms with E-state index in [9.17, 15) is 13.6 Å². The summed E-state index contributed by atoms with van der Waals surface area (Å²) in [4.78, 5) is 10.6. The highest BCUT2D eigenvalue weighted by atomic mass is 19.3. The van der Waals surface area contributed by atoms with Crippen molar-refractivity contribution in [2.24, 2.45) is 0 Å². The number of carbonyl (C=O) groups is 1. The van der Waals surface area contributed by atoms with E-state index >= 15 is 0 Å². The number of rotatable bonds is 2. The third-order valence-corrected chi connectivity index (χ3v) is 2.54. The van der Waals surface area contributed by atoms with E-state index in [2.05, 4.69) is 5.10 Å². The molecule has 0 N–H and O–H groups in total. The lowest BCUT2D eigenvalue weighted by Crippen LogP contribution is -2.09. The van der Waals surface area contributed by atoms with Crippen LogP contribution in [-0.2, 0) is 18.9 Å². The van der Waals surface area contributed by atoms with Crippen LogP contribution in [0, 0.1) is 0 Å². The van der Waals surface area contributed by atoms with Crippen molar-refractivity contribution < 1.29 is 13.6 Å². The summed E-state index contributed by atoms with van der Waals surface area (Å²) in [5, 5.41) is 3.83. The molecule has 0 bridgehead atoms. The number of aryl methyl sites for hydroxylation is 1. The van der Waals surface area contributed by atoms with Crippen LogP contribution in [0.25, 0.3) is 0 Å². The summed E-state index contributed by atoms with van der Waals surface area (Å²) in [6.07, 6.45) is 0.502. The number of aromatic nitrogens is 2. The van der Waals surface area contributed by atoms with Gasteiger partial charge in [-0.2, -0.15) is 5.10 Å². The van der Waals surface area contributed by atoms with Crippen molar-refractivity contribution in [2.45, 2.75) is 32.2 Å². The molecule has 0 spiro atoms. The van der Waals surface area contributed by atoms with E-state index in [1.165, 1.54) is 4.68 Å². The number of hydrogen-bond donors (Lipinski definition) is 0. The molecule has 1 aromatic heterocycles. The zero-order valence-corrected chi connectivity index (χ0v) is 7.76. The van der Waals surface area contributed by atoms with Crippen LogP contribution in [-0.4, -0.2) is 16.1 Å². The number of aldehydes is 1. The first kappa shape index (κ1) is 9.30. The number of carbonyl (C=O) groups excluding carboxylic acids is 1. The predicted molar refractivity (Wildman–Crippen MR) is 45.5 cm³/mol. The van der Waals surface area contributed by atoms with Crippen LogP contribution in [0.1, 0.15) is 35.1 Å². The van der Waals surface area contributed by atoms with Crippen molar-refractivity contribution in [3.05, 3.63) is 17.0 Å². The van der Waals surface area contributed by atoms with Gasteiger partial charge in [-0.25, -0.2) is 8.78 Å². The van der Waals surface area contributed by atoms with Crippen LogP contribution in [0.2, 0.25) is 0 Å². The van der Waals surface area contributed by atoms with E-state index in [0.717, 1.165) is 0 Å². The quantitative estimate of drug-likeness (QED) is 0.682. The molecule has 1 aliphatic rings. The van der Waals surface area contributed by atoms with Gasteiger partial charge in [0.25, 0.3) is 5.92 Å². The minimum atomic E-state index is -2.88. The molecule has 0 radical (unpaired) electrons. The molecule has 0 amide bonds. The van der Waals surface area contributed by atoms with Gasteiger partial charge in [-0.05, 0) is 13.3 Å². The van der Waals surface area contributed by atoms with Crippen molar-refractivity contribution >= 4 is 6.29 Å². The second-order valence-electron chi connectivity index (χ2n) is 3.34. The first-order valence-corrected chi connectivity index (χ1v) is 4.53. The molecule has 0 aliphatic heterocycles. The maximum absolute atomic E-state index is 13.3. The summed E-state index contributed by atoms with van der Waals surface area (Å²) in [6.45, 7) is 2.34. The summed E-state index contributed by atoms with van der Waals surface area (Å²) in [7, 11) is 0. The van der Waals surface area contributed by atoms with E-state index in [-0.39, 0.29) is 17.7 Å². The Hall–Kier alpha value is -1.26. The van der Waals surface area contributed by atoms with E-state index in [0.29, 0.717) is 24.9 Å². The van der Waals surface area contributed by atoms with Gasteiger partial charge in [0.2, 0.25) is 0 Å². The Morgan fingerprint density at radius 2 is 2.36 bits per heavy atom. The highest BCUT2D eigenvalue weighted by molar-refractivity contribution is 5.75. The van der Waals surface area contributed by atoms with E-state index in [1.807, 2.05) is 6.92 Å². The first-order valence-electron chi connectivity index (χ1n) is 4.53. The topological polar surface area (TPSA) is 34.9 Å². The Kier molecular flexibility index (Phi) is 1.90. The molecule has 1 aromatic rings. The highest BCUT2D eigenvalue weighted by Gasteiger charge is 2.44. The van der Waals surface area contributed by atoms with Crippen LogP contribution >= 0.6 is 0 Å². The van der Waals surface area contributed by atoms with Gasteiger partial charge < -0.3 is 0 Å². The van der Waals surface area contributed by atoms with Crippen molar-refractivity contribution in [3.63, 3.8) is 0 Å². The molecule has 0 atom stereocenters. The molecular formula is C9H10F2N2O. The summed E-state index contributed by atoms with van der Waals surface area (Å²) in [6, 6.07) is 0. The van der Waals surface area contributed by atoms with Gasteiger partial charge in [0.15, 0.2) is 6.29 Å². The van der Waals surface area contributed by atoms with Crippen LogP contribution in [0.5, 0.6) is 0 Å². The average molecular weight is 200 g/mol. The predicted octanol–water partition coefficient (Wildman–Crippen LogP) is 1.75. The molecule has 1 heterocycles. The fourth-order valence-corrected chi connectivity index (χ4v) is 1.91. The van der Waals surface area contributed by atoms with Gasteiger partial charge in [-0.15, -0.1) is 0 Å². The third-order valence-electron chi connectivity index (χ3n) is 2.54. The molecule has 14 heavy (non-hydrogen) atoms. The zero-order valence-electron chi connectivity index (χ0n) is 7.76. The molecule has 0 fully saturated rings. The second-order valence-corrected chi connectivity index (χ2v) is 3.34. The molecule has 0 aromatic carbocycles. The fraction of sp³-hybridized carbons (Fsp3) is 0.556. The van der Waals surface area contributed by atoms with Gasteiger partial charge in [-0.1, -0.05) is 0 Å². The minimum absolute atomic E-state index is 0.107. The van der Waals surface area contributed by atoms with Gasteiger partial charge in [-0.3, -0.25) is 9.48 Å². The lowest BCUT2D eigenvalue weighted by molar-refractivity contribution is -0.00257. The van der Waals surface area contributed by atoms with Crippen molar-refractivity contribution in [1.82, 2.24) is 9.78 Å². The van der Waals surface area contributed by atoms with Gasteiger partial charge in [0.05, 0.1) is 5.56 Å². The summed E-state index contributed by atoms with van der Waals surface area (Å²) < 4.78 is 28.1. The molecule has 1 aliphatic carbocycles. The number of halogens is 2. The Bertz CT molecular complexity index is 384. The van der Waals surface area contributed by atoms with E-state index < -0.39 is 5.92 Å². The highest BCUT2D eigenvalue weighted by Crippen LogP contribution is 2.42. The summed E-state index contributed by atoms with van der Waals surface area (Å²) in [5.41, 5.74) is 0.248. The number of nitrogens with zero attached hydrogens (tertiary/aromatic N) is 2. The Morgan fingerprint density at radius 1 is 1.64 bits per heavy atom. The number of alkyl halides is 2. The minimum Gasteiger partial charge on any atom is -0.296 e. The fourth-order valence-electron chi connectivity index (χ4n) is 1.91. The molecular weight excluding hydrogens is 190 g/mol. The Morgan fingerprint density at radius 3 is 2.93 bits per heavy atom. The molecule has 0 saturated carbocycles. The van der Waals surface area contributed by atoms with Gasteiger partial charge in [0.1, 0.15) is 5.69 Å². The first-order chi connectivity index (χ1) is 6.60. The maximum Gasteiger partial charge on any atom is 0.277 e. The summed E-state index contributed by atoms with van der Waals surface area (Å²) in [5.74, 6) is -2.88. The average Bonchev–Trinajstić information content (AvgIpc) is 2.65. The Labute approximate surface area is 79.7 Å².